The lowest BCUT2D eigenvalue weighted by Crippen LogP contribution is -2.20. The first-order valence-electron chi connectivity index (χ1n) is 6.44. The second-order valence-electron chi connectivity index (χ2n) is 4.92. The van der Waals surface area contributed by atoms with Crippen LogP contribution in [0.5, 0.6) is 0 Å². The van der Waals surface area contributed by atoms with Gasteiger partial charge in [-0.15, -0.1) is 22.9 Å². The van der Waals surface area contributed by atoms with E-state index in [2.05, 4.69) is 15.5 Å². The first-order valence-corrected chi connectivity index (χ1v) is 7.69. The van der Waals surface area contributed by atoms with Gasteiger partial charge in [-0.1, -0.05) is 5.16 Å². The topological polar surface area (TPSA) is 68.0 Å². The molecule has 0 saturated heterocycles. The number of alkyl halides is 1. The van der Waals surface area contributed by atoms with Crippen molar-refractivity contribution >= 4 is 34.5 Å². The standard InChI is InChI=1S/C13H14ClN3O2S/c1-6(14)12(18)15-9-5-10(20-7(9)2)11-16-13(19-17-11)8-3-4-8/h5-6,8H,3-4H2,1-2H3,(H,15,18). The van der Waals surface area contributed by atoms with E-state index in [9.17, 15) is 4.79 Å². The van der Waals surface area contributed by atoms with Gasteiger partial charge in [0.05, 0.1) is 10.6 Å². The number of halogens is 1. The summed E-state index contributed by atoms with van der Waals surface area (Å²) in [4.78, 5) is 17.9. The minimum atomic E-state index is -0.565. The van der Waals surface area contributed by atoms with Crippen LogP contribution in [0.4, 0.5) is 5.69 Å². The van der Waals surface area contributed by atoms with Crippen LogP contribution in [-0.2, 0) is 4.79 Å². The SMILES string of the molecule is Cc1sc(-c2noc(C3CC3)n2)cc1NC(=O)C(C)Cl. The number of thiophene rings is 1. The number of carbonyl (C=O) groups is 1. The normalized spacial score (nSPS) is 16.1. The third-order valence-electron chi connectivity index (χ3n) is 3.13. The van der Waals surface area contributed by atoms with Crippen molar-refractivity contribution in [3.05, 3.63) is 16.8 Å². The Morgan fingerprint density at radius 3 is 3.00 bits per heavy atom. The molecule has 2 heterocycles. The van der Waals surface area contributed by atoms with Gasteiger partial charge in [-0.3, -0.25) is 4.79 Å². The number of amides is 1. The number of aromatic nitrogens is 2. The van der Waals surface area contributed by atoms with Crippen LogP contribution in [0, 0.1) is 6.92 Å². The van der Waals surface area contributed by atoms with Gasteiger partial charge in [0, 0.05) is 10.8 Å². The highest BCUT2D eigenvalue weighted by Crippen LogP contribution is 2.40. The molecule has 1 N–H and O–H groups in total. The van der Waals surface area contributed by atoms with E-state index in [1.165, 1.54) is 11.3 Å². The Bertz CT molecular complexity index is 646. The zero-order chi connectivity index (χ0) is 14.3. The van der Waals surface area contributed by atoms with Gasteiger partial charge in [0.15, 0.2) is 0 Å². The van der Waals surface area contributed by atoms with Crippen molar-refractivity contribution in [1.29, 1.82) is 0 Å². The van der Waals surface area contributed by atoms with Crippen LogP contribution in [0.1, 0.15) is 36.5 Å². The van der Waals surface area contributed by atoms with Crippen LogP contribution in [0.2, 0.25) is 0 Å². The third-order valence-corrected chi connectivity index (χ3v) is 4.37. The molecule has 0 aliphatic heterocycles. The van der Waals surface area contributed by atoms with Crippen molar-refractivity contribution in [2.45, 2.75) is 38.0 Å². The molecule has 0 spiro atoms. The molecule has 0 bridgehead atoms. The summed E-state index contributed by atoms with van der Waals surface area (Å²) >= 11 is 7.27. The van der Waals surface area contributed by atoms with Gasteiger partial charge in [0.1, 0.15) is 5.38 Å². The van der Waals surface area contributed by atoms with Gasteiger partial charge in [-0.25, -0.2) is 0 Å². The average Bonchev–Trinajstić information content (AvgIpc) is 3.02. The molecule has 3 rings (SSSR count). The van der Waals surface area contributed by atoms with E-state index in [1.54, 1.807) is 6.92 Å². The second-order valence-corrected chi connectivity index (χ2v) is 6.83. The van der Waals surface area contributed by atoms with Crippen molar-refractivity contribution in [3.63, 3.8) is 0 Å². The Morgan fingerprint density at radius 1 is 1.60 bits per heavy atom. The number of aryl methyl sites for hydroxylation is 1. The number of nitrogens with one attached hydrogen (secondary N) is 1. The van der Waals surface area contributed by atoms with E-state index in [1.807, 2.05) is 13.0 Å². The van der Waals surface area contributed by atoms with E-state index in [0.29, 0.717) is 17.6 Å². The van der Waals surface area contributed by atoms with Gasteiger partial charge in [-0.05, 0) is 32.8 Å². The van der Waals surface area contributed by atoms with Crippen molar-refractivity contribution < 1.29 is 9.32 Å². The zero-order valence-electron chi connectivity index (χ0n) is 11.1. The highest BCUT2D eigenvalue weighted by atomic mass is 35.5. The van der Waals surface area contributed by atoms with Gasteiger partial charge >= 0.3 is 0 Å². The average molecular weight is 312 g/mol. The van der Waals surface area contributed by atoms with Crippen LogP contribution < -0.4 is 5.32 Å². The quantitative estimate of drug-likeness (QED) is 0.877. The summed E-state index contributed by atoms with van der Waals surface area (Å²) in [5, 5.41) is 6.23. The fourth-order valence-corrected chi connectivity index (χ4v) is 2.74. The molecule has 1 aliphatic carbocycles. The first kappa shape index (κ1) is 13.6. The summed E-state index contributed by atoms with van der Waals surface area (Å²) in [5.74, 6) is 1.52. The first-order chi connectivity index (χ1) is 9.54. The monoisotopic (exact) mass is 311 g/mol. The van der Waals surface area contributed by atoms with Crippen molar-refractivity contribution in [1.82, 2.24) is 10.1 Å². The fourth-order valence-electron chi connectivity index (χ4n) is 1.78. The van der Waals surface area contributed by atoms with Gasteiger partial charge in [0.25, 0.3) is 0 Å². The molecular formula is C13H14ClN3O2S. The zero-order valence-corrected chi connectivity index (χ0v) is 12.7. The van der Waals surface area contributed by atoms with Gasteiger partial charge < -0.3 is 9.84 Å². The smallest absolute Gasteiger partial charge is 0.242 e. The number of hydrogen-bond donors (Lipinski definition) is 1. The summed E-state index contributed by atoms with van der Waals surface area (Å²) in [6.07, 6.45) is 2.25. The van der Waals surface area contributed by atoms with Crippen LogP contribution in [0.25, 0.3) is 10.7 Å². The molecular weight excluding hydrogens is 298 g/mol. The van der Waals surface area contributed by atoms with E-state index >= 15 is 0 Å². The van der Waals surface area contributed by atoms with Crippen LogP contribution in [0.3, 0.4) is 0 Å². The molecule has 7 heteroatoms. The summed E-state index contributed by atoms with van der Waals surface area (Å²) in [6, 6.07) is 1.86. The largest absolute Gasteiger partial charge is 0.339 e. The Balaban J connectivity index is 1.81. The van der Waals surface area contributed by atoms with Crippen molar-refractivity contribution in [2.24, 2.45) is 0 Å². The van der Waals surface area contributed by atoms with Crippen molar-refractivity contribution in [2.75, 3.05) is 5.32 Å². The number of rotatable bonds is 4. The van der Waals surface area contributed by atoms with E-state index < -0.39 is 5.38 Å². The lowest BCUT2D eigenvalue weighted by Gasteiger charge is -2.04. The molecule has 1 amide bonds. The summed E-state index contributed by atoms with van der Waals surface area (Å²) in [5.41, 5.74) is 0.750. The Kier molecular flexibility index (Phi) is 3.52. The summed E-state index contributed by atoms with van der Waals surface area (Å²) < 4.78 is 5.25. The molecule has 106 valence electrons. The summed E-state index contributed by atoms with van der Waals surface area (Å²) in [7, 11) is 0. The molecule has 1 atom stereocenters. The predicted octanol–water partition coefficient (Wildman–Crippen LogP) is 3.55. The van der Waals surface area contributed by atoms with Gasteiger partial charge in [0.2, 0.25) is 17.6 Å². The van der Waals surface area contributed by atoms with E-state index in [-0.39, 0.29) is 5.91 Å². The highest BCUT2D eigenvalue weighted by Gasteiger charge is 2.30. The maximum Gasteiger partial charge on any atom is 0.242 e. The molecule has 2 aromatic rings. The lowest BCUT2D eigenvalue weighted by molar-refractivity contribution is -0.115. The van der Waals surface area contributed by atoms with Gasteiger partial charge in [-0.2, -0.15) is 4.98 Å². The number of anilines is 1. The Morgan fingerprint density at radius 2 is 2.35 bits per heavy atom. The highest BCUT2D eigenvalue weighted by molar-refractivity contribution is 7.16. The maximum absolute atomic E-state index is 11.6. The molecule has 5 nitrogen and oxygen atoms in total. The molecule has 1 saturated carbocycles. The van der Waals surface area contributed by atoms with Crippen LogP contribution >= 0.6 is 22.9 Å². The molecule has 1 aliphatic rings. The number of carbonyl (C=O) groups excluding carboxylic acids is 1. The van der Waals surface area contributed by atoms with Crippen molar-refractivity contribution in [3.8, 4) is 10.7 Å². The molecule has 1 unspecified atom stereocenters. The molecule has 1 fully saturated rings. The fraction of sp³-hybridized carbons (Fsp3) is 0.462. The lowest BCUT2D eigenvalue weighted by atomic mass is 10.3. The Hall–Kier alpha value is -1.40. The molecule has 0 aromatic carbocycles. The predicted molar refractivity (Wildman–Crippen MR) is 78.3 cm³/mol. The molecule has 2 aromatic heterocycles. The minimum absolute atomic E-state index is 0.217. The molecule has 0 radical (unpaired) electrons. The second kappa shape index (κ2) is 5.18. The third kappa shape index (κ3) is 2.71. The number of nitrogens with zero attached hydrogens (tertiary/aromatic N) is 2. The summed E-state index contributed by atoms with van der Waals surface area (Å²) in [6.45, 7) is 3.57. The van der Waals surface area contributed by atoms with E-state index in [0.717, 1.165) is 28.3 Å². The van der Waals surface area contributed by atoms with Crippen LogP contribution in [0.15, 0.2) is 10.6 Å². The van der Waals surface area contributed by atoms with Crippen LogP contribution in [-0.4, -0.2) is 21.4 Å². The Labute approximate surface area is 125 Å². The molecule has 20 heavy (non-hydrogen) atoms. The van der Waals surface area contributed by atoms with E-state index in [4.69, 9.17) is 16.1 Å². The minimum Gasteiger partial charge on any atom is -0.339 e. The maximum atomic E-state index is 11.6. The number of hydrogen-bond acceptors (Lipinski definition) is 5.